The maximum atomic E-state index is 12.4. The lowest BCUT2D eigenvalue weighted by molar-refractivity contribution is 0.0714. The van der Waals surface area contributed by atoms with E-state index in [-0.39, 0.29) is 30.7 Å². The van der Waals surface area contributed by atoms with E-state index in [0.717, 1.165) is 18.8 Å². The highest BCUT2D eigenvalue weighted by Crippen LogP contribution is 2.34. The van der Waals surface area contributed by atoms with Crippen molar-refractivity contribution in [1.82, 2.24) is 19.8 Å². The normalized spacial score (nSPS) is 13.0. The molecule has 0 saturated carbocycles. The van der Waals surface area contributed by atoms with Crippen molar-refractivity contribution < 1.29 is 23.4 Å². The number of amides is 1. The van der Waals surface area contributed by atoms with Gasteiger partial charge in [-0.1, -0.05) is 48.5 Å². The molecule has 3 heterocycles. The summed E-state index contributed by atoms with van der Waals surface area (Å²) in [5.41, 5.74) is 8.14. The van der Waals surface area contributed by atoms with E-state index >= 15 is 0 Å². The fourth-order valence-corrected chi connectivity index (χ4v) is 5.71. The third-order valence-electron chi connectivity index (χ3n) is 8.26. The number of alkyl halides is 1. The van der Waals surface area contributed by atoms with E-state index in [1.807, 2.05) is 41.3 Å². The number of ether oxygens (including phenoxy) is 3. The van der Waals surface area contributed by atoms with Gasteiger partial charge < -0.3 is 34.2 Å². The standard InChI is InChI=1S/C19H21N5O4.C18H22ClNO.2ClH/c1-26-15-10-12-13(11-16(15)27-2)21-19(22-17(12)20)24-7-5-23(6-8-24)18(25)14-4-3-9-28-14;1-16(15-21-18-10-6-3-7-11-18)20(13-12-19)14-17-8-4-2-5-9-17;;/h3-4,9-11H,5-8H2,1-2H3,(H2,20,21,22);2-11,16H,12-15H2,1H3;2*1H. The molecule has 0 aliphatic carbocycles. The largest absolute Gasteiger partial charge is 0.493 e. The highest BCUT2D eigenvalue weighted by molar-refractivity contribution is 6.18. The second kappa shape index (κ2) is 20.4. The van der Waals surface area contributed by atoms with Crippen LogP contribution in [0.5, 0.6) is 17.2 Å². The van der Waals surface area contributed by atoms with Crippen LogP contribution in [0, 0.1) is 0 Å². The lowest BCUT2D eigenvalue weighted by Crippen LogP contribution is -2.49. The van der Waals surface area contributed by atoms with Crippen LogP contribution in [-0.4, -0.2) is 91.1 Å². The van der Waals surface area contributed by atoms with E-state index in [4.69, 9.17) is 36.0 Å². The van der Waals surface area contributed by atoms with Crippen molar-refractivity contribution in [3.05, 3.63) is 103 Å². The number of nitrogens with zero attached hydrogens (tertiary/aromatic N) is 5. The molecule has 2 N–H and O–H groups in total. The van der Waals surface area contributed by atoms with Crippen LogP contribution >= 0.6 is 36.4 Å². The Morgan fingerprint density at radius 2 is 1.57 bits per heavy atom. The Morgan fingerprint density at radius 3 is 2.18 bits per heavy atom. The first-order chi connectivity index (χ1) is 23.9. The van der Waals surface area contributed by atoms with Crippen molar-refractivity contribution in [2.24, 2.45) is 0 Å². The van der Waals surface area contributed by atoms with E-state index < -0.39 is 0 Å². The minimum Gasteiger partial charge on any atom is -0.493 e. The molecule has 1 aliphatic heterocycles. The molecule has 1 fully saturated rings. The number of hydrogen-bond acceptors (Lipinski definition) is 10. The van der Waals surface area contributed by atoms with Gasteiger partial charge in [0.2, 0.25) is 5.95 Å². The topological polar surface area (TPSA) is 119 Å². The van der Waals surface area contributed by atoms with Gasteiger partial charge in [-0.05, 0) is 42.8 Å². The number of nitrogen functional groups attached to an aromatic ring is 1. The molecule has 1 unspecified atom stereocenters. The molecule has 14 heteroatoms. The van der Waals surface area contributed by atoms with Gasteiger partial charge >= 0.3 is 0 Å². The maximum Gasteiger partial charge on any atom is 0.289 e. The molecule has 2 aromatic heterocycles. The number of fused-ring (bicyclic) bond motifs is 1. The summed E-state index contributed by atoms with van der Waals surface area (Å²) in [6.45, 7) is 6.89. The zero-order valence-electron chi connectivity index (χ0n) is 28.9. The van der Waals surface area contributed by atoms with E-state index in [2.05, 4.69) is 46.1 Å². The number of rotatable bonds is 12. The Hall–Kier alpha value is -4.42. The SMILES string of the molecule is CC(COc1ccccc1)N(CCCl)Cc1ccccc1.COc1cc2nc(N3CCN(C(=O)c4ccco4)CC3)nc(N)c2cc1OC.Cl.Cl. The molecule has 1 atom stereocenters. The predicted molar refractivity (Wildman–Crippen MR) is 207 cm³/mol. The summed E-state index contributed by atoms with van der Waals surface area (Å²) in [4.78, 5) is 27.6. The minimum atomic E-state index is -0.111. The van der Waals surface area contributed by atoms with Crippen molar-refractivity contribution in [2.45, 2.75) is 19.5 Å². The lowest BCUT2D eigenvalue weighted by atomic mass is 10.2. The second-order valence-corrected chi connectivity index (χ2v) is 11.9. The average molecular weight is 760 g/mol. The molecule has 1 aliphatic rings. The van der Waals surface area contributed by atoms with Gasteiger partial charge in [-0.15, -0.1) is 36.4 Å². The number of furan rings is 1. The number of carbonyl (C=O) groups is 1. The van der Waals surface area contributed by atoms with Crippen molar-refractivity contribution in [2.75, 3.05) is 70.1 Å². The first kappa shape index (κ1) is 41.0. The number of benzene rings is 3. The fraction of sp³-hybridized carbons (Fsp3) is 0.324. The number of carbonyl (C=O) groups excluding carboxylic acids is 1. The number of piperazine rings is 1. The van der Waals surface area contributed by atoms with Gasteiger partial charge in [0, 0.05) is 62.6 Å². The molecule has 3 aromatic carbocycles. The third-order valence-corrected chi connectivity index (χ3v) is 8.43. The Bertz CT molecular complexity index is 1760. The van der Waals surface area contributed by atoms with Gasteiger partial charge in [0.05, 0.1) is 26.0 Å². The van der Waals surface area contributed by atoms with Gasteiger partial charge in [0.25, 0.3) is 5.91 Å². The molecule has 0 spiro atoms. The first-order valence-electron chi connectivity index (χ1n) is 16.2. The molecule has 51 heavy (non-hydrogen) atoms. The molecule has 6 rings (SSSR count). The summed E-state index contributed by atoms with van der Waals surface area (Å²) in [5, 5.41) is 0.702. The van der Waals surface area contributed by atoms with Crippen LogP contribution in [0.25, 0.3) is 10.9 Å². The third kappa shape index (κ3) is 11.0. The highest BCUT2D eigenvalue weighted by atomic mass is 35.5. The molecule has 1 saturated heterocycles. The van der Waals surface area contributed by atoms with E-state index in [9.17, 15) is 4.79 Å². The van der Waals surface area contributed by atoms with Gasteiger partial charge in [-0.25, -0.2) is 4.98 Å². The Kier molecular flexibility index (Phi) is 16.4. The zero-order chi connectivity index (χ0) is 34.6. The lowest BCUT2D eigenvalue weighted by Gasteiger charge is -2.34. The zero-order valence-corrected chi connectivity index (χ0v) is 31.3. The number of hydrogen-bond donors (Lipinski definition) is 1. The molecule has 11 nitrogen and oxygen atoms in total. The van der Waals surface area contributed by atoms with Crippen LogP contribution in [0.3, 0.4) is 0 Å². The highest BCUT2D eigenvalue weighted by Gasteiger charge is 2.25. The molecule has 274 valence electrons. The Labute approximate surface area is 316 Å². The van der Waals surface area contributed by atoms with Crippen LogP contribution in [-0.2, 0) is 6.54 Å². The number of halogens is 3. The molecule has 0 radical (unpaired) electrons. The van der Waals surface area contributed by atoms with Gasteiger partial charge in [-0.3, -0.25) is 9.69 Å². The van der Waals surface area contributed by atoms with Crippen LogP contribution < -0.4 is 24.8 Å². The smallest absolute Gasteiger partial charge is 0.289 e. The van der Waals surface area contributed by atoms with Crippen LogP contribution in [0.1, 0.15) is 23.0 Å². The van der Waals surface area contributed by atoms with Crippen LogP contribution in [0.4, 0.5) is 11.8 Å². The van der Waals surface area contributed by atoms with Gasteiger partial charge in [0.1, 0.15) is 18.2 Å². The summed E-state index contributed by atoms with van der Waals surface area (Å²) in [5.74, 6) is 3.83. The number of aromatic nitrogens is 2. The average Bonchev–Trinajstić information content (AvgIpc) is 3.69. The second-order valence-electron chi connectivity index (χ2n) is 11.5. The maximum absolute atomic E-state index is 12.4. The summed E-state index contributed by atoms with van der Waals surface area (Å²) < 4.78 is 21.7. The van der Waals surface area contributed by atoms with E-state index in [1.54, 1.807) is 43.4 Å². The Morgan fingerprint density at radius 1 is 0.922 bits per heavy atom. The van der Waals surface area contributed by atoms with Crippen molar-refractivity contribution >= 4 is 65.0 Å². The monoisotopic (exact) mass is 758 g/mol. The van der Waals surface area contributed by atoms with Crippen molar-refractivity contribution in [1.29, 1.82) is 0 Å². The van der Waals surface area contributed by atoms with Crippen molar-refractivity contribution in [3.63, 3.8) is 0 Å². The predicted octanol–water partition coefficient (Wildman–Crippen LogP) is 6.82. The quantitative estimate of drug-likeness (QED) is 0.136. The number of methoxy groups -OCH3 is 2. The summed E-state index contributed by atoms with van der Waals surface area (Å²) in [7, 11) is 3.14. The molecule has 1 amide bonds. The van der Waals surface area contributed by atoms with Gasteiger partial charge in [-0.2, -0.15) is 4.98 Å². The van der Waals surface area contributed by atoms with Crippen molar-refractivity contribution in [3.8, 4) is 17.2 Å². The number of anilines is 2. The molecule has 0 bridgehead atoms. The number of nitrogens with two attached hydrogens (primary N) is 1. The summed E-state index contributed by atoms with van der Waals surface area (Å²) in [6, 6.07) is 27.6. The fourth-order valence-electron chi connectivity index (χ4n) is 5.49. The molecular formula is C37H45Cl3N6O5. The summed E-state index contributed by atoms with van der Waals surface area (Å²) in [6.07, 6.45) is 1.50. The number of para-hydroxylation sites is 1. The van der Waals surface area contributed by atoms with E-state index in [1.165, 1.54) is 11.8 Å². The first-order valence-corrected chi connectivity index (χ1v) is 16.7. The van der Waals surface area contributed by atoms with E-state index in [0.29, 0.717) is 84.6 Å². The van der Waals surface area contributed by atoms with Crippen LogP contribution in [0.15, 0.2) is 95.6 Å². The molecular weight excluding hydrogens is 715 g/mol. The Balaban J connectivity index is 0.000000276. The van der Waals surface area contributed by atoms with Gasteiger partial charge in [0.15, 0.2) is 17.3 Å². The van der Waals surface area contributed by atoms with Crippen LogP contribution in [0.2, 0.25) is 0 Å². The minimum absolute atomic E-state index is 0. The molecule has 5 aromatic rings. The summed E-state index contributed by atoms with van der Waals surface area (Å²) >= 11 is 5.94.